The van der Waals surface area contributed by atoms with E-state index < -0.39 is 41.0 Å². The van der Waals surface area contributed by atoms with Crippen LogP contribution in [-0.4, -0.2) is 85.1 Å². The summed E-state index contributed by atoms with van der Waals surface area (Å²) < 4.78 is 83.6. The van der Waals surface area contributed by atoms with Crippen LogP contribution in [0.2, 0.25) is 0 Å². The number of fused-ring (bicyclic) bond motifs is 2. The molecule has 5 aromatic heterocycles. The lowest BCUT2D eigenvalue weighted by molar-refractivity contribution is -0.137. The molecule has 8 heterocycles. The molecule has 8 rings (SSSR count). The van der Waals surface area contributed by atoms with Gasteiger partial charge in [0.15, 0.2) is 11.5 Å². The maximum Gasteiger partial charge on any atom is 0.418 e. The van der Waals surface area contributed by atoms with Crippen molar-refractivity contribution in [3.8, 4) is 23.1 Å². The van der Waals surface area contributed by atoms with Crippen LogP contribution in [0.15, 0.2) is 24.5 Å². The SMILES string of the molecule is COc1nc2c3c(nc(-c4c(C(F)(F)F)c(C)nc5[nH]ncc45)c(F)c3n1)OC[C@H](C)N2C(C)c1cccnc1N.FC1CC2CCCN2C1. The molecule has 2 saturated heterocycles. The van der Waals surface area contributed by atoms with E-state index in [1.165, 1.54) is 26.9 Å². The third kappa shape index (κ3) is 5.76. The van der Waals surface area contributed by atoms with E-state index in [1.807, 2.05) is 24.8 Å². The van der Waals surface area contributed by atoms with Crippen LogP contribution in [-0.2, 0) is 6.18 Å². The maximum absolute atomic E-state index is 16.5. The average molecular weight is 699 g/mol. The van der Waals surface area contributed by atoms with Gasteiger partial charge >= 0.3 is 12.2 Å². The molecule has 3 aliphatic rings. The van der Waals surface area contributed by atoms with Crippen molar-refractivity contribution in [2.24, 2.45) is 0 Å². The highest BCUT2D eigenvalue weighted by Crippen LogP contribution is 2.47. The summed E-state index contributed by atoms with van der Waals surface area (Å²) in [5.41, 5.74) is 3.90. The van der Waals surface area contributed by atoms with E-state index in [4.69, 9.17) is 15.2 Å². The number of halogens is 5. The molecular formula is C33H35F5N10O2. The first-order valence-corrected chi connectivity index (χ1v) is 16.2. The number of nitrogens with zero attached hydrogens (tertiary/aromatic N) is 8. The monoisotopic (exact) mass is 698 g/mol. The number of aryl methyl sites for hydroxylation is 1. The van der Waals surface area contributed by atoms with Gasteiger partial charge in [-0.15, -0.1) is 0 Å². The Morgan fingerprint density at radius 3 is 2.70 bits per heavy atom. The van der Waals surface area contributed by atoms with Gasteiger partial charge in [-0.1, -0.05) is 6.07 Å². The number of H-pyrrole nitrogens is 1. The van der Waals surface area contributed by atoms with Gasteiger partial charge in [-0.2, -0.15) is 28.2 Å². The van der Waals surface area contributed by atoms with Crippen molar-refractivity contribution in [2.45, 2.75) is 70.5 Å². The van der Waals surface area contributed by atoms with Gasteiger partial charge in [0.05, 0.1) is 36.6 Å². The zero-order valence-corrected chi connectivity index (χ0v) is 27.7. The van der Waals surface area contributed by atoms with Gasteiger partial charge in [0.25, 0.3) is 0 Å². The Labute approximate surface area is 283 Å². The van der Waals surface area contributed by atoms with Crippen molar-refractivity contribution >= 4 is 33.6 Å². The molecule has 0 saturated carbocycles. The zero-order chi connectivity index (χ0) is 35.5. The highest BCUT2D eigenvalue weighted by Gasteiger charge is 2.41. The summed E-state index contributed by atoms with van der Waals surface area (Å²) in [5.74, 6) is -0.729. The molecule has 0 amide bonds. The molecule has 0 spiro atoms. The van der Waals surface area contributed by atoms with Gasteiger partial charge < -0.3 is 20.1 Å². The summed E-state index contributed by atoms with van der Waals surface area (Å²) in [5, 5.41) is 6.39. The molecule has 3 unspecified atom stereocenters. The standard InChI is InChI=1S/C26H23F4N9O2.C7H12FN/c1-10-9-41-24-16-20(36-25(40-4)37-23(16)39(10)12(3)13-6-5-7-32-21(13)31)18(27)19(35-24)15-14-8-33-38-22(14)34-11(2)17(15)26(28,29)30;8-6-4-7-2-1-3-9(7)5-6/h5-8,10,12H,9H2,1-4H3,(H2,31,32)(H,33,34,38);6-7H,1-5H2/t10-,12?;/m0./s1. The lowest BCUT2D eigenvalue weighted by atomic mass is 9.98. The Kier molecular flexibility index (Phi) is 8.56. The number of nitrogen functional groups attached to an aromatic ring is 1. The van der Waals surface area contributed by atoms with Crippen molar-refractivity contribution in [1.29, 1.82) is 0 Å². The fraction of sp³-hybridized carbons (Fsp3) is 0.455. The third-order valence-electron chi connectivity index (χ3n) is 9.57. The van der Waals surface area contributed by atoms with E-state index in [1.54, 1.807) is 12.3 Å². The molecule has 0 aromatic carbocycles. The molecule has 2 fully saturated rings. The van der Waals surface area contributed by atoms with Crippen molar-refractivity contribution in [3.63, 3.8) is 0 Å². The predicted molar refractivity (Wildman–Crippen MR) is 175 cm³/mol. The van der Waals surface area contributed by atoms with Crippen molar-refractivity contribution < 1.29 is 31.4 Å². The van der Waals surface area contributed by atoms with Crippen molar-refractivity contribution in [1.82, 2.24) is 40.0 Å². The molecule has 5 aromatic rings. The largest absolute Gasteiger partial charge is 0.475 e. The third-order valence-corrected chi connectivity index (χ3v) is 9.57. The van der Waals surface area contributed by atoms with Crippen LogP contribution in [0.4, 0.5) is 33.6 Å². The Morgan fingerprint density at radius 1 is 1.18 bits per heavy atom. The summed E-state index contributed by atoms with van der Waals surface area (Å²) in [4.78, 5) is 25.3. The number of aromatic amines is 1. The molecule has 0 aliphatic carbocycles. The smallest absolute Gasteiger partial charge is 0.418 e. The van der Waals surface area contributed by atoms with Crippen LogP contribution < -0.4 is 20.1 Å². The van der Waals surface area contributed by atoms with E-state index in [-0.39, 0.29) is 58.0 Å². The number of anilines is 2. The fourth-order valence-electron chi connectivity index (χ4n) is 7.34. The van der Waals surface area contributed by atoms with E-state index in [0.717, 1.165) is 19.2 Å². The maximum atomic E-state index is 16.5. The normalized spacial score (nSPS) is 21.1. The fourth-order valence-corrected chi connectivity index (χ4v) is 7.34. The molecule has 4 atom stereocenters. The number of nitrogens with two attached hydrogens (primary N) is 1. The molecule has 17 heteroatoms. The summed E-state index contributed by atoms with van der Waals surface area (Å²) in [6.45, 7) is 6.81. The predicted octanol–water partition coefficient (Wildman–Crippen LogP) is 5.96. The molecule has 3 N–H and O–H groups in total. The number of ether oxygens (including phenoxy) is 2. The number of nitrogens with one attached hydrogen (secondary N) is 1. The van der Waals surface area contributed by atoms with Gasteiger partial charge in [-0.3, -0.25) is 10.00 Å². The van der Waals surface area contributed by atoms with Gasteiger partial charge in [0.1, 0.15) is 41.0 Å². The van der Waals surface area contributed by atoms with E-state index in [9.17, 15) is 17.6 Å². The van der Waals surface area contributed by atoms with Crippen LogP contribution >= 0.6 is 0 Å². The molecule has 3 aliphatic heterocycles. The molecule has 0 bridgehead atoms. The second-order valence-corrected chi connectivity index (χ2v) is 12.8. The van der Waals surface area contributed by atoms with Crippen LogP contribution in [0.3, 0.4) is 0 Å². The van der Waals surface area contributed by atoms with Gasteiger partial charge in [0, 0.05) is 35.3 Å². The van der Waals surface area contributed by atoms with Crippen LogP contribution in [0.1, 0.15) is 56.0 Å². The minimum atomic E-state index is -4.88. The molecule has 0 radical (unpaired) electrons. The molecule has 50 heavy (non-hydrogen) atoms. The Morgan fingerprint density at radius 2 is 1.98 bits per heavy atom. The molecule has 12 nitrogen and oxygen atoms in total. The second-order valence-electron chi connectivity index (χ2n) is 12.8. The number of alkyl halides is 4. The highest BCUT2D eigenvalue weighted by atomic mass is 19.4. The number of methoxy groups -OCH3 is 1. The van der Waals surface area contributed by atoms with E-state index >= 15 is 4.39 Å². The average Bonchev–Trinajstić information content (AvgIpc) is 3.78. The summed E-state index contributed by atoms with van der Waals surface area (Å²) >= 11 is 0. The molecular weight excluding hydrogens is 663 g/mol. The highest BCUT2D eigenvalue weighted by molar-refractivity contribution is 6.01. The van der Waals surface area contributed by atoms with Gasteiger partial charge in [0.2, 0.25) is 5.88 Å². The minimum Gasteiger partial charge on any atom is -0.475 e. The van der Waals surface area contributed by atoms with Gasteiger partial charge in [-0.25, -0.2) is 23.7 Å². The number of hydrogen-bond acceptors (Lipinski definition) is 11. The topological polar surface area (TPSA) is 144 Å². The first-order valence-electron chi connectivity index (χ1n) is 16.2. The second kappa shape index (κ2) is 12.8. The van der Waals surface area contributed by atoms with E-state index in [0.29, 0.717) is 24.0 Å². The number of rotatable bonds is 4. The minimum absolute atomic E-state index is 0.0407. The lowest BCUT2D eigenvalue weighted by Crippen LogP contribution is -2.39. The van der Waals surface area contributed by atoms with Crippen molar-refractivity contribution in [3.05, 3.63) is 47.2 Å². The first kappa shape index (κ1) is 33.6. The van der Waals surface area contributed by atoms with Crippen LogP contribution in [0, 0.1) is 12.7 Å². The number of aromatic nitrogens is 7. The molecule has 264 valence electrons. The number of hydrogen-bond donors (Lipinski definition) is 2. The van der Waals surface area contributed by atoms with Crippen molar-refractivity contribution in [2.75, 3.05) is 37.4 Å². The Bertz CT molecular complexity index is 2060. The van der Waals surface area contributed by atoms with Crippen LogP contribution in [0.5, 0.6) is 11.9 Å². The number of pyridine rings is 3. The van der Waals surface area contributed by atoms with Gasteiger partial charge in [-0.05, 0) is 52.6 Å². The summed E-state index contributed by atoms with van der Waals surface area (Å²) in [6.07, 6.45) is 0.643. The summed E-state index contributed by atoms with van der Waals surface area (Å²) in [7, 11) is 1.31. The first-order chi connectivity index (χ1) is 23.9. The quantitative estimate of drug-likeness (QED) is 0.215. The van der Waals surface area contributed by atoms with Crippen LogP contribution in [0.25, 0.3) is 33.2 Å². The Hall–Kier alpha value is -4.93. The zero-order valence-electron chi connectivity index (χ0n) is 27.7. The Balaban J connectivity index is 0.000000375. The van der Waals surface area contributed by atoms with E-state index in [2.05, 4.69) is 40.0 Å². The summed E-state index contributed by atoms with van der Waals surface area (Å²) in [6, 6.07) is 3.16. The lowest BCUT2D eigenvalue weighted by Gasteiger charge is -2.34.